The number of carbonyl (C=O) groups excluding carboxylic acids is 3. The lowest BCUT2D eigenvalue weighted by atomic mass is 10.0. The van der Waals surface area contributed by atoms with Gasteiger partial charge < -0.3 is 13.9 Å². The third-order valence-electron chi connectivity index (χ3n) is 5.51. The van der Waals surface area contributed by atoms with Crippen molar-refractivity contribution in [2.24, 2.45) is 0 Å². The number of rotatable bonds is 10. The van der Waals surface area contributed by atoms with E-state index in [0.717, 1.165) is 19.6 Å². The summed E-state index contributed by atoms with van der Waals surface area (Å²) in [6.07, 6.45) is 5.10. The van der Waals surface area contributed by atoms with Gasteiger partial charge in [0, 0.05) is 9.13 Å². The molecule has 0 radical (unpaired) electrons. The summed E-state index contributed by atoms with van der Waals surface area (Å²) in [4.78, 5) is 39.0. The number of benzene rings is 2. The van der Waals surface area contributed by atoms with Gasteiger partial charge in [0.2, 0.25) is 0 Å². The minimum absolute atomic E-state index is 0.0977. The minimum Gasteiger partial charge on any atom is -0.490 e. The molecule has 3 aromatic rings. The molecule has 0 saturated carbocycles. The number of nitrogens with zero attached hydrogens (tertiary/aromatic N) is 1. The summed E-state index contributed by atoms with van der Waals surface area (Å²) in [7, 11) is 0. The average Bonchev–Trinajstić information content (AvgIpc) is 3.39. The molecule has 4 rings (SSSR count). The van der Waals surface area contributed by atoms with Gasteiger partial charge in [-0.2, -0.15) is 0 Å². The molecule has 0 unspecified atom stereocenters. The van der Waals surface area contributed by atoms with Crippen molar-refractivity contribution in [3.63, 3.8) is 0 Å². The molecule has 1 aliphatic heterocycles. The molecule has 37 heavy (non-hydrogen) atoms. The van der Waals surface area contributed by atoms with Crippen molar-refractivity contribution in [2.45, 2.75) is 26.5 Å². The normalized spacial score (nSPS) is 14.6. The van der Waals surface area contributed by atoms with Crippen LogP contribution in [0.3, 0.4) is 0 Å². The highest BCUT2D eigenvalue weighted by molar-refractivity contribution is 14.1. The van der Waals surface area contributed by atoms with Gasteiger partial charge >= 0.3 is 6.03 Å². The zero-order chi connectivity index (χ0) is 26.4. The fraction of sp³-hybridized carbons (Fsp3) is 0.179. The predicted molar refractivity (Wildman–Crippen MR) is 146 cm³/mol. The van der Waals surface area contributed by atoms with Crippen LogP contribution >= 0.6 is 22.6 Å². The van der Waals surface area contributed by atoms with E-state index in [0.29, 0.717) is 42.5 Å². The molecule has 1 aliphatic rings. The SMILES string of the molecule is C=CCc1cc(/C=C2\C(=O)NC(=O)N(Cc3ccco3)C2=O)cc(OCC)c1OCc1ccc(I)cc1. The van der Waals surface area contributed by atoms with Crippen LogP contribution in [-0.2, 0) is 29.2 Å². The van der Waals surface area contributed by atoms with Crippen molar-refractivity contribution >= 4 is 46.5 Å². The van der Waals surface area contributed by atoms with Crippen molar-refractivity contribution in [1.29, 1.82) is 0 Å². The molecule has 9 heteroatoms. The van der Waals surface area contributed by atoms with Gasteiger partial charge in [-0.1, -0.05) is 18.2 Å². The second-order valence-corrected chi connectivity index (χ2v) is 9.38. The molecule has 1 aromatic heterocycles. The number of nitrogens with one attached hydrogen (secondary N) is 1. The zero-order valence-electron chi connectivity index (χ0n) is 20.2. The van der Waals surface area contributed by atoms with Crippen LogP contribution in [0.25, 0.3) is 6.08 Å². The van der Waals surface area contributed by atoms with Gasteiger partial charge in [0.05, 0.1) is 19.4 Å². The lowest BCUT2D eigenvalue weighted by molar-refractivity contribution is -0.130. The number of ether oxygens (including phenoxy) is 2. The van der Waals surface area contributed by atoms with Crippen molar-refractivity contribution < 1.29 is 28.3 Å². The van der Waals surface area contributed by atoms with E-state index in [1.165, 1.54) is 12.3 Å². The van der Waals surface area contributed by atoms with Crippen LogP contribution in [0.15, 0.2) is 77.4 Å². The Labute approximate surface area is 228 Å². The third kappa shape index (κ3) is 6.29. The molecule has 0 atom stereocenters. The van der Waals surface area contributed by atoms with Crippen LogP contribution in [0.2, 0.25) is 0 Å². The number of hydrogen-bond donors (Lipinski definition) is 1. The molecule has 2 heterocycles. The van der Waals surface area contributed by atoms with Crippen LogP contribution in [0, 0.1) is 3.57 Å². The number of carbonyl (C=O) groups is 3. The fourth-order valence-electron chi connectivity index (χ4n) is 3.80. The highest BCUT2D eigenvalue weighted by atomic mass is 127. The molecular weight excluding hydrogens is 587 g/mol. The van der Waals surface area contributed by atoms with Crippen LogP contribution in [0.1, 0.15) is 29.4 Å². The van der Waals surface area contributed by atoms with Crippen molar-refractivity contribution in [3.05, 3.63) is 99.0 Å². The van der Waals surface area contributed by atoms with Gasteiger partial charge in [-0.15, -0.1) is 6.58 Å². The number of allylic oxidation sites excluding steroid dienone is 1. The van der Waals surface area contributed by atoms with Crippen LogP contribution in [-0.4, -0.2) is 29.4 Å². The maximum Gasteiger partial charge on any atom is 0.331 e. The summed E-state index contributed by atoms with van der Waals surface area (Å²) in [6, 6.07) is 14.0. The third-order valence-corrected chi connectivity index (χ3v) is 6.22. The van der Waals surface area contributed by atoms with E-state index in [4.69, 9.17) is 13.9 Å². The zero-order valence-corrected chi connectivity index (χ0v) is 22.3. The first-order valence-electron chi connectivity index (χ1n) is 11.6. The Morgan fingerprint density at radius 3 is 2.57 bits per heavy atom. The van der Waals surface area contributed by atoms with Crippen molar-refractivity contribution in [1.82, 2.24) is 10.2 Å². The smallest absolute Gasteiger partial charge is 0.331 e. The van der Waals surface area contributed by atoms with Gasteiger partial charge in [0.1, 0.15) is 17.9 Å². The van der Waals surface area contributed by atoms with E-state index >= 15 is 0 Å². The first-order chi connectivity index (χ1) is 17.9. The first kappa shape index (κ1) is 26.2. The van der Waals surface area contributed by atoms with Crippen LogP contribution in [0.5, 0.6) is 11.5 Å². The van der Waals surface area contributed by atoms with Crippen molar-refractivity contribution in [2.75, 3.05) is 6.61 Å². The fourth-order valence-corrected chi connectivity index (χ4v) is 4.16. The molecule has 0 spiro atoms. The topological polar surface area (TPSA) is 98.1 Å². The van der Waals surface area contributed by atoms with Crippen molar-refractivity contribution in [3.8, 4) is 11.5 Å². The number of hydrogen-bond acceptors (Lipinski definition) is 6. The van der Waals surface area contributed by atoms with Crippen LogP contribution in [0.4, 0.5) is 4.79 Å². The molecule has 1 fully saturated rings. The highest BCUT2D eigenvalue weighted by Crippen LogP contribution is 2.35. The summed E-state index contributed by atoms with van der Waals surface area (Å²) in [6.45, 7) is 6.33. The molecule has 0 bridgehead atoms. The largest absolute Gasteiger partial charge is 0.490 e. The Kier molecular flexibility index (Phi) is 8.44. The average molecular weight is 612 g/mol. The van der Waals surface area contributed by atoms with E-state index in [9.17, 15) is 14.4 Å². The Hall–Kier alpha value is -3.86. The summed E-state index contributed by atoms with van der Waals surface area (Å²) in [5, 5.41) is 2.22. The Bertz CT molecular complexity index is 1350. The molecule has 1 saturated heterocycles. The lowest BCUT2D eigenvalue weighted by Crippen LogP contribution is -2.53. The minimum atomic E-state index is -0.801. The number of furan rings is 1. The maximum atomic E-state index is 13.1. The molecule has 8 nitrogen and oxygen atoms in total. The van der Waals surface area contributed by atoms with Gasteiger partial charge in [-0.25, -0.2) is 4.79 Å². The summed E-state index contributed by atoms with van der Waals surface area (Å²) in [5.41, 5.74) is 2.16. The van der Waals surface area contributed by atoms with Gasteiger partial charge in [-0.3, -0.25) is 19.8 Å². The predicted octanol–water partition coefficient (Wildman–Crippen LogP) is 5.25. The number of urea groups is 1. The second kappa shape index (κ2) is 11.9. The Morgan fingerprint density at radius 1 is 1.11 bits per heavy atom. The Balaban J connectivity index is 1.67. The summed E-state index contributed by atoms with van der Waals surface area (Å²) < 4.78 is 18.4. The first-order valence-corrected chi connectivity index (χ1v) is 12.7. The standard InChI is InChI=1S/C28H25IN2O6/c1-3-6-20-13-19(15-24(35-4-2)25(20)37-17-18-8-10-21(29)11-9-18)14-23-26(32)30-28(34)31(27(23)33)16-22-7-5-12-36-22/h3,5,7-15H,1,4,6,16-17H2,2H3,(H,30,32,34)/b23-14+. The quantitative estimate of drug-likeness (QED) is 0.145. The van der Waals surface area contributed by atoms with Crippen LogP contribution < -0.4 is 14.8 Å². The molecule has 4 amide bonds. The maximum absolute atomic E-state index is 13.1. The monoisotopic (exact) mass is 612 g/mol. The number of barbiturate groups is 1. The Morgan fingerprint density at radius 2 is 1.89 bits per heavy atom. The van der Waals surface area contributed by atoms with E-state index < -0.39 is 17.8 Å². The lowest BCUT2D eigenvalue weighted by Gasteiger charge is -2.25. The van der Waals surface area contributed by atoms with E-state index in [2.05, 4.69) is 34.5 Å². The van der Waals surface area contributed by atoms with E-state index in [-0.39, 0.29) is 12.1 Å². The molecule has 2 aromatic carbocycles. The van der Waals surface area contributed by atoms with E-state index in [1.807, 2.05) is 37.3 Å². The number of imide groups is 2. The van der Waals surface area contributed by atoms with Gasteiger partial charge in [0.15, 0.2) is 11.5 Å². The van der Waals surface area contributed by atoms with Gasteiger partial charge in [0.25, 0.3) is 11.8 Å². The number of halogens is 1. The van der Waals surface area contributed by atoms with E-state index in [1.54, 1.807) is 24.3 Å². The summed E-state index contributed by atoms with van der Waals surface area (Å²) >= 11 is 2.25. The highest BCUT2D eigenvalue weighted by Gasteiger charge is 2.36. The molecule has 190 valence electrons. The van der Waals surface area contributed by atoms with Gasteiger partial charge in [-0.05, 0) is 89.5 Å². The summed E-state index contributed by atoms with van der Waals surface area (Å²) in [5.74, 6) is -0.0259. The number of amides is 4. The second-order valence-electron chi connectivity index (χ2n) is 8.14. The molecular formula is C28H25IN2O6. The molecule has 0 aliphatic carbocycles. The molecule has 1 N–H and O–H groups in total.